The summed E-state index contributed by atoms with van der Waals surface area (Å²) in [4.78, 5) is 17.0. The zero-order chi connectivity index (χ0) is 15.2. The standard InChI is InChI=1S/C17H24N2O2/c1-4-5-16(19-10-12-21-13-11-19)17(20)14-6-8-15(9-7-14)18(2)3/h4,6-9,16H,1,5,10-13H2,2-3H3. The zero-order valence-corrected chi connectivity index (χ0v) is 12.9. The van der Waals surface area contributed by atoms with Gasteiger partial charge in [0, 0.05) is 38.4 Å². The van der Waals surface area contributed by atoms with E-state index in [1.54, 1.807) is 0 Å². The van der Waals surface area contributed by atoms with Gasteiger partial charge in [-0.2, -0.15) is 0 Å². The summed E-state index contributed by atoms with van der Waals surface area (Å²) in [6, 6.07) is 7.66. The quantitative estimate of drug-likeness (QED) is 0.593. The maximum absolute atomic E-state index is 12.8. The molecular formula is C17H24N2O2. The lowest BCUT2D eigenvalue weighted by Crippen LogP contribution is -2.47. The maximum atomic E-state index is 12.8. The van der Waals surface area contributed by atoms with Crippen LogP contribution in [-0.4, -0.2) is 57.1 Å². The number of benzene rings is 1. The van der Waals surface area contributed by atoms with Crippen molar-refractivity contribution < 1.29 is 9.53 Å². The number of Topliss-reactive ketones (excluding diaryl/α,β-unsaturated/α-hetero) is 1. The Hall–Kier alpha value is -1.65. The summed E-state index contributed by atoms with van der Waals surface area (Å²) in [7, 11) is 3.98. The summed E-state index contributed by atoms with van der Waals surface area (Å²) >= 11 is 0. The van der Waals surface area contributed by atoms with Gasteiger partial charge in [-0.05, 0) is 30.7 Å². The molecule has 114 valence electrons. The molecule has 1 heterocycles. The molecule has 0 bridgehead atoms. The minimum atomic E-state index is -0.128. The van der Waals surface area contributed by atoms with Gasteiger partial charge >= 0.3 is 0 Å². The van der Waals surface area contributed by atoms with Crippen LogP contribution < -0.4 is 4.90 Å². The average molecular weight is 288 g/mol. The molecule has 1 saturated heterocycles. The van der Waals surface area contributed by atoms with Crippen LogP contribution in [0.3, 0.4) is 0 Å². The normalized spacial score (nSPS) is 17.2. The van der Waals surface area contributed by atoms with Gasteiger partial charge in [0.1, 0.15) is 0 Å². The lowest BCUT2D eigenvalue weighted by molar-refractivity contribution is 0.0181. The Morgan fingerprint density at radius 3 is 2.48 bits per heavy atom. The number of carbonyl (C=O) groups excluding carboxylic acids is 1. The SMILES string of the molecule is C=CCC(C(=O)c1ccc(N(C)C)cc1)N1CCOCC1. The number of nitrogens with zero attached hydrogens (tertiary/aromatic N) is 2. The van der Waals surface area contributed by atoms with Crippen LogP contribution >= 0.6 is 0 Å². The first-order valence-corrected chi connectivity index (χ1v) is 7.37. The van der Waals surface area contributed by atoms with E-state index in [1.807, 2.05) is 49.3 Å². The van der Waals surface area contributed by atoms with Crippen molar-refractivity contribution in [3.05, 3.63) is 42.5 Å². The predicted octanol–water partition coefficient (Wildman–Crippen LogP) is 2.21. The highest BCUT2D eigenvalue weighted by Crippen LogP contribution is 2.18. The number of anilines is 1. The summed E-state index contributed by atoms with van der Waals surface area (Å²) in [6.45, 7) is 6.79. The lowest BCUT2D eigenvalue weighted by atomic mass is 9.99. The second kappa shape index (κ2) is 7.38. The highest BCUT2D eigenvalue weighted by molar-refractivity contribution is 6.00. The monoisotopic (exact) mass is 288 g/mol. The van der Waals surface area contributed by atoms with E-state index in [0.29, 0.717) is 19.6 Å². The Kier molecular flexibility index (Phi) is 5.53. The molecule has 1 aliphatic rings. The zero-order valence-electron chi connectivity index (χ0n) is 12.9. The molecule has 1 fully saturated rings. The lowest BCUT2D eigenvalue weighted by Gasteiger charge is -2.33. The average Bonchev–Trinajstić information content (AvgIpc) is 2.53. The van der Waals surface area contributed by atoms with Crippen molar-refractivity contribution in [2.75, 3.05) is 45.3 Å². The Bertz CT molecular complexity index is 476. The van der Waals surface area contributed by atoms with Crippen molar-refractivity contribution in [3.8, 4) is 0 Å². The molecule has 0 spiro atoms. The number of ether oxygens (including phenoxy) is 1. The summed E-state index contributed by atoms with van der Waals surface area (Å²) in [6.07, 6.45) is 2.50. The summed E-state index contributed by atoms with van der Waals surface area (Å²) in [5.74, 6) is 0.169. The number of morpholine rings is 1. The topological polar surface area (TPSA) is 32.8 Å². The van der Waals surface area contributed by atoms with Crippen molar-refractivity contribution in [2.24, 2.45) is 0 Å². The Morgan fingerprint density at radius 2 is 1.95 bits per heavy atom. The third-order valence-electron chi connectivity index (χ3n) is 3.85. The number of rotatable bonds is 6. The molecule has 1 aliphatic heterocycles. The Balaban J connectivity index is 2.14. The fourth-order valence-corrected chi connectivity index (χ4v) is 2.59. The molecule has 1 aromatic carbocycles. The van der Waals surface area contributed by atoms with E-state index in [2.05, 4.69) is 11.5 Å². The van der Waals surface area contributed by atoms with Gasteiger partial charge in [0.2, 0.25) is 0 Å². The van der Waals surface area contributed by atoms with Crippen LogP contribution in [0.4, 0.5) is 5.69 Å². The fraction of sp³-hybridized carbons (Fsp3) is 0.471. The van der Waals surface area contributed by atoms with E-state index in [-0.39, 0.29) is 11.8 Å². The first-order valence-electron chi connectivity index (χ1n) is 7.37. The molecule has 0 aliphatic carbocycles. The summed E-state index contributed by atoms with van der Waals surface area (Å²) in [5, 5.41) is 0. The van der Waals surface area contributed by atoms with Gasteiger partial charge in [0.05, 0.1) is 19.3 Å². The van der Waals surface area contributed by atoms with E-state index in [4.69, 9.17) is 4.74 Å². The number of carbonyl (C=O) groups is 1. The van der Waals surface area contributed by atoms with Crippen LogP contribution in [0.25, 0.3) is 0 Å². The van der Waals surface area contributed by atoms with Gasteiger partial charge in [0.25, 0.3) is 0 Å². The van der Waals surface area contributed by atoms with Crippen LogP contribution in [-0.2, 0) is 4.74 Å². The van der Waals surface area contributed by atoms with Crippen LogP contribution in [0.2, 0.25) is 0 Å². The largest absolute Gasteiger partial charge is 0.379 e. The summed E-state index contributed by atoms with van der Waals surface area (Å²) < 4.78 is 5.37. The van der Waals surface area contributed by atoms with Crippen molar-refractivity contribution in [3.63, 3.8) is 0 Å². The van der Waals surface area contributed by atoms with Crippen molar-refractivity contribution >= 4 is 11.5 Å². The molecule has 1 atom stereocenters. The molecule has 2 rings (SSSR count). The molecular weight excluding hydrogens is 264 g/mol. The van der Waals surface area contributed by atoms with Gasteiger partial charge in [-0.15, -0.1) is 6.58 Å². The highest BCUT2D eigenvalue weighted by Gasteiger charge is 2.27. The number of hydrogen-bond donors (Lipinski definition) is 0. The van der Waals surface area contributed by atoms with Gasteiger partial charge in [0.15, 0.2) is 5.78 Å². The molecule has 4 heteroatoms. The van der Waals surface area contributed by atoms with E-state index in [9.17, 15) is 4.79 Å². The third-order valence-corrected chi connectivity index (χ3v) is 3.85. The first kappa shape index (κ1) is 15.7. The van der Waals surface area contributed by atoms with Gasteiger partial charge < -0.3 is 9.64 Å². The van der Waals surface area contributed by atoms with Crippen molar-refractivity contribution in [1.29, 1.82) is 0 Å². The molecule has 0 aromatic heterocycles. The molecule has 0 saturated carbocycles. The second-order valence-corrected chi connectivity index (χ2v) is 5.49. The predicted molar refractivity (Wildman–Crippen MR) is 86.1 cm³/mol. The van der Waals surface area contributed by atoms with Crippen molar-refractivity contribution in [2.45, 2.75) is 12.5 Å². The molecule has 0 N–H and O–H groups in total. The number of ketones is 1. The second-order valence-electron chi connectivity index (χ2n) is 5.49. The number of hydrogen-bond acceptors (Lipinski definition) is 4. The van der Waals surface area contributed by atoms with E-state index in [1.165, 1.54) is 0 Å². The maximum Gasteiger partial charge on any atom is 0.180 e. The van der Waals surface area contributed by atoms with Crippen LogP contribution in [0.15, 0.2) is 36.9 Å². The van der Waals surface area contributed by atoms with Gasteiger partial charge in [-0.25, -0.2) is 0 Å². The fourth-order valence-electron chi connectivity index (χ4n) is 2.59. The highest BCUT2D eigenvalue weighted by atomic mass is 16.5. The molecule has 4 nitrogen and oxygen atoms in total. The first-order chi connectivity index (χ1) is 10.1. The van der Waals surface area contributed by atoms with Crippen LogP contribution in [0, 0.1) is 0 Å². The van der Waals surface area contributed by atoms with Crippen molar-refractivity contribution in [1.82, 2.24) is 4.90 Å². The Morgan fingerprint density at radius 1 is 1.33 bits per heavy atom. The van der Waals surface area contributed by atoms with Crippen LogP contribution in [0.1, 0.15) is 16.8 Å². The minimum Gasteiger partial charge on any atom is -0.379 e. The minimum absolute atomic E-state index is 0.128. The Labute approximate surface area is 127 Å². The third kappa shape index (κ3) is 3.93. The summed E-state index contributed by atoms with van der Waals surface area (Å²) in [5.41, 5.74) is 1.86. The molecule has 1 unspecified atom stereocenters. The van der Waals surface area contributed by atoms with E-state index in [0.717, 1.165) is 24.3 Å². The van der Waals surface area contributed by atoms with E-state index < -0.39 is 0 Å². The smallest absolute Gasteiger partial charge is 0.180 e. The van der Waals surface area contributed by atoms with Gasteiger partial charge in [-0.1, -0.05) is 6.08 Å². The van der Waals surface area contributed by atoms with Crippen LogP contribution in [0.5, 0.6) is 0 Å². The van der Waals surface area contributed by atoms with Gasteiger partial charge in [-0.3, -0.25) is 9.69 Å². The molecule has 0 amide bonds. The molecule has 1 aromatic rings. The van der Waals surface area contributed by atoms with E-state index >= 15 is 0 Å². The molecule has 0 radical (unpaired) electrons. The molecule has 21 heavy (non-hydrogen) atoms.